The van der Waals surface area contributed by atoms with Gasteiger partial charge in [-0.3, -0.25) is 4.79 Å². The van der Waals surface area contributed by atoms with Gasteiger partial charge in [0.1, 0.15) is 5.82 Å². The molecule has 1 amide bonds. The third-order valence-corrected chi connectivity index (χ3v) is 4.73. The molecular weight excluding hydrogens is 291 g/mol. The van der Waals surface area contributed by atoms with Crippen LogP contribution < -0.4 is 5.73 Å². The first-order valence-corrected chi connectivity index (χ1v) is 7.88. The van der Waals surface area contributed by atoms with E-state index in [9.17, 15) is 9.18 Å². The molecule has 5 heteroatoms. The summed E-state index contributed by atoms with van der Waals surface area (Å²) < 4.78 is 13.8. The van der Waals surface area contributed by atoms with Crippen molar-refractivity contribution in [2.75, 3.05) is 13.1 Å². The second-order valence-corrected chi connectivity index (χ2v) is 5.96. The van der Waals surface area contributed by atoms with Gasteiger partial charge >= 0.3 is 0 Å². The summed E-state index contributed by atoms with van der Waals surface area (Å²) in [5.74, 6) is -0.145. The van der Waals surface area contributed by atoms with E-state index < -0.39 is 5.82 Å². The number of hydrogen-bond donors (Lipinski definition) is 1. The Bertz CT molecular complexity index is 489. The Morgan fingerprint density at radius 2 is 2.24 bits per heavy atom. The van der Waals surface area contributed by atoms with Crippen LogP contribution in [0.25, 0.3) is 0 Å². The van der Waals surface area contributed by atoms with Crippen LogP contribution in [0.15, 0.2) is 18.2 Å². The first-order chi connectivity index (χ1) is 10.1. The SMILES string of the molecule is CCN(C(=O)Cc1c(F)cccc1Cl)C1CCCC1CN. The van der Waals surface area contributed by atoms with Gasteiger partial charge in [0, 0.05) is 23.2 Å². The molecule has 2 unspecified atom stereocenters. The van der Waals surface area contributed by atoms with Crippen LogP contribution in [0.5, 0.6) is 0 Å². The van der Waals surface area contributed by atoms with Gasteiger partial charge in [0.25, 0.3) is 0 Å². The zero-order valence-corrected chi connectivity index (χ0v) is 13.1. The van der Waals surface area contributed by atoms with Crippen molar-refractivity contribution in [2.24, 2.45) is 11.7 Å². The highest BCUT2D eigenvalue weighted by Crippen LogP contribution is 2.30. The number of carbonyl (C=O) groups is 1. The first-order valence-electron chi connectivity index (χ1n) is 7.50. The van der Waals surface area contributed by atoms with Gasteiger partial charge in [0.05, 0.1) is 6.42 Å². The van der Waals surface area contributed by atoms with Gasteiger partial charge in [-0.2, -0.15) is 0 Å². The molecule has 1 aliphatic rings. The van der Waals surface area contributed by atoms with Crippen LogP contribution in [0, 0.1) is 11.7 Å². The summed E-state index contributed by atoms with van der Waals surface area (Å²) in [5.41, 5.74) is 6.08. The highest BCUT2D eigenvalue weighted by Gasteiger charge is 2.33. The van der Waals surface area contributed by atoms with Gasteiger partial charge in [-0.05, 0) is 44.4 Å². The molecule has 1 fully saturated rings. The lowest BCUT2D eigenvalue weighted by Gasteiger charge is -2.32. The van der Waals surface area contributed by atoms with Gasteiger partial charge in [-0.1, -0.05) is 24.1 Å². The summed E-state index contributed by atoms with van der Waals surface area (Å²) in [6.07, 6.45) is 3.14. The summed E-state index contributed by atoms with van der Waals surface area (Å²) in [6, 6.07) is 4.67. The summed E-state index contributed by atoms with van der Waals surface area (Å²) in [7, 11) is 0. The largest absolute Gasteiger partial charge is 0.339 e. The van der Waals surface area contributed by atoms with Crippen molar-refractivity contribution in [1.82, 2.24) is 4.90 Å². The molecule has 0 aromatic heterocycles. The number of amides is 1. The molecule has 1 aromatic carbocycles. The van der Waals surface area contributed by atoms with Crippen molar-refractivity contribution in [3.8, 4) is 0 Å². The maximum absolute atomic E-state index is 13.8. The number of carbonyl (C=O) groups excluding carboxylic acids is 1. The second-order valence-electron chi connectivity index (χ2n) is 5.55. The fourth-order valence-electron chi connectivity index (χ4n) is 3.25. The van der Waals surface area contributed by atoms with Crippen LogP contribution >= 0.6 is 11.6 Å². The third-order valence-electron chi connectivity index (χ3n) is 4.37. The molecule has 116 valence electrons. The van der Waals surface area contributed by atoms with Crippen molar-refractivity contribution in [3.63, 3.8) is 0 Å². The normalized spacial score (nSPS) is 21.5. The molecule has 0 bridgehead atoms. The lowest BCUT2D eigenvalue weighted by Crippen LogP contribution is -2.44. The Hall–Kier alpha value is -1.13. The average molecular weight is 313 g/mol. The quantitative estimate of drug-likeness (QED) is 0.908. The molecule has 2 N–H and O–H groups in total. The number of nitrogens with zero attached hydrogens (tertiary/aromatic N) is 1. The molecule has 3 nitrogen and oxygen atoms in total. The lowest BCUT2D eigenvalue weighted by molar-refractivity contribution is -0.133. The van der Waals surface area contributed by atoms with E-state index in [0.29, 0.717) is 24.0 Å². The van der Waals surface area contributed by atoms with Crippen molar-refractivity contribution < 1.29 is 9.18 Å². The van der Waals surface area contributed by atoms with Crippen LogP contribution in [0.1, 0.15) is 31.7 Å². The molecule has 21 heavy (non-hydrogen) atoms. The van der Waals surface area contributed by atoms with Crippen molar-refractivity contribution in [3.05, 3.63) is 34.6 Å². The van der Waals surface area contributed by atoms with Gasteiger partial charge < -0.3 is 10.6 Å². The highest BCUT2D eigenvalue weighted by molar-refractivity contribution is 6.31. The van der Waals surface area contributed by atoms with Gasteiger partial charge in [0.15, 0.2) is 0 Å². The monoisotopic (exact) mass is 312 g/mol. The highest BCUT2D eigenvalue weighted by atomic mass is 35.5. The lowest BCUT2D eigenvalue weighted by atomic mass is 10.0. The zero-order valence-electron chi connectivity index (χ0n) is 12.3. The fraction of sp³-hybridized carbons (Fsp3) is 0.562. The van der Waals surface area contributed by atoms with E-state index in [-0.39, 0.29) is 23.9 Å². The number of rotatable bonds is 5. The molecule has 1 aromatic rings. The Labute approximate surface area is 130 Å². The minimum atomic E-state index is -0.423. The Morgan fingerprint density at radius 3 is 2.86 bits per heavy atom. The summed E-state index contributed by atoms with van der Waals surface area (Å²) in [4.78, 5) is 14.4. The minimum Gasteiger partial charge on any atom is -0.339 e. The maximum atomic E-state index is 13.8. The minimum absolute atomic E-state index is 0.00708. The van der Waals surface area contributed by atoms with Gasteiger partial charge in [0.2, 0.25) is 5.91 Å². The third kappa shape index (κ3) is 3.55. The number of benzene rings is 1. The van der Waals surface area contributed by atoms with Crippen LogP contribution in [-0.4, -0.2) is 29.9 Å². The molecule has 2 atom stereocenters. The first kappa shape index (κ1) is 16.2. The van der Waals surface area contributed by atoms with E-state index in [4.69, 9.17) is 17.3 Å². The van der Waals surface area contributed by atoms with E-state index in [1.165, 1.54) is 6.07 Å². The molecule has 0 saturated heterocycles. The van der Waals surface area contributed by atoms with Crippen molar-refractivity contribution in [2.45, 2.75) is 38.6 Å². The van der Waals surface area contributed by atoms with Crippen LogP contribution in [0.3, 0.4) is 0 Å². The maximum Gasteiger partial charge on any atom is 0.227 e. The standard InChI is InChI=1S/C16H22ClFN2O/c1-2-20(15-8-3-5-11(15)10-19)16(21)9-12-13(17)6-4-7-14(12)18/h4,6-7,11,15H,2-3,5,8-10,19H2,1H3. The predicted octanol–water partition coefficient (Wildman–Crippen LogP) is 3.00. The topological polar surface area (TPSA) is 46.3 Å². The van der Waals surface area contributed by atoms with Gasteiger partial charge in [-0.25, -0.2) is 4.39 Å². The molecule has 0 heterocycles. The van der Waals surface area contributed by atoms with Crippen LogP contribution in [-0.2, 0) is 11.2 Å². The predicted molar refractivity (Wildman–Crippen MR) is 82.7 cm³/mol. The fourth-order valence-corrected chi connectivity index (χ4v) is 3.48. The van der Waals surface area contributed by atoms with E-state index in [1.807, 2.05) is 11.8 Å². The van der Waals surface area contributed by atoms with E-state index >= 15 is 0 Å². The molecule has 1 aliphatic carbocycles. The zero-order chi connectivity index (χ0) is 15.4. The Morgan fingerprint density at radius 1 is 1.48 bits per heavy atom. The summed E-state index contributed by atoms with van der Waals surface area (Å²) in [5, 5.41) is 0.307. The van der Waals surface area contributed by atoms with Crippen LogP contribution in [0.2, 0.25) is 5.02 Å². The van der Waals surface area contributed by atoms with Crippen molar-refractivity contribution in [1.29, 1.82) is 0 Å². The molecule has 0 radical (unpaired) electrons. The number of halogens is 2. The summed E-state index contributed by atoms with van der Waals surface area (Å²) >= 11 is 6.01. The second kappa shape index (κ2) is 7.23. The van der Waals surface area contributed by atoms with Crippen molar-refractivity contribution >= 4 is 17.5 Å². The molecular formula is C16H22ClFN2O. The Kier molecular flexibility index (Phi) is 5.59. The van der Waals surface area contributed by atoms with Crippen LogP contribution in [0.4, 0.5) is 4.39 Å². The van der Waals surface area contributed by atoms with Gasteiger partial charge in [-0.15, -0.1) is 0 Å². The van der Waals surface area contributed by atoms with E-state index in [2.05, 4.69) is 0 Å². The number of likely N-dealkylation sites (N-methyl/N-ethyl adjacent to an activating group) is 1. The summed E-state index contributed by atoms with van der Waals surface area (Å²) in [6.45, 7) is 3.16. The smallest absolute Gasteiger partial charge is 0.227 e. The molecule has 2 rings (SSSR count). The molecule has 0 aliphatic heterocycles. The molecule has 0 spiro atoms. The number of nitrogens with two attached hydrogens (primary N) is 1. The number of hydrogen-bond acceptors (Lipinski definition) is 2. The Balaban J connectivity index is 2.14. The molecule has 1 saturated carbocycles. The van der Waals surface area contributed by atoms with E-state index in [1.54, 1.807) is 12.1 Å². The van der Waals surface area contributed by atoms with E-state index in [0.717, 1.165) is 19.3 Å². The average Bonchev–Trinajstić information content (AvgIpc) is 2.92.